The average molecular weight is 544 g/mol. The summed E-state index contributed by atoms with van der Waals surface area (Å²) in [6.45, 7) is 1.07. The Kier molecular flexibility index (Phi) is 7.80. The van der Waals surface area contributed by atoms with Gasteiger partial charge in [-0.15, -0.1) is 0 Å². The van der Waals surface area contributed by atoms with Gasteiger partial charge in [0.15, 0.2) is 5.13 Å². The van der Waals surface area contributed by atoms with Gasteiger partial charge in [0.25, 0.3) is 5.91 Å². The maximum absolute atomic E-state index is 13.7. The standard InChI is InChI=1S/C27H33N3O5S2/c1-29(20-7-4-3-5-8-20)37(32,33)23-13-10-19(11-14-23)26(31)30(18-22-9-6-16-35-22)27-28-24-15-12-21(34-2)17-25(24)36-27/h10-15,17,20,22H,3-9,16,18H2,1-2H3. The molecule has 0 N–H and O–H groups in total. The first-order valence-corrected chi connectivity index (χ1v) is 15.1. The average Bonchev–Trinajstić information content (AvgIpc) is 3.60. The van der Waals surface area contributed by atoms with Crippen LogP contribution in [0.4, 0.5) is 5.13 Å². The number of aromatic nitrogens is 1. The van der Waals surface area contributed by atoms with Crippen molar-refractivity contribution >= 4 is 42.6 Å². The molecule has 1 atom stereocenters. The van der Waals surface area contributed by atoms with E-state index in [9.17, 15) is 13.2 Å². The highest BCUT2D eigenvalue weighted by atomic mass is 32.2. The van der Waals surface area contributed by atoms with Crippen molar-refractivity contribution in [3.8, 4) is 5.75 Å². The zero-order chi connectivity index (χ0) is 26.0. The van der Waals surface area contributed by atoms with Crippen LogP contribution in [0.2, 0.25) is 0 Å². The third-order valence-electron chi connectivity index (χ3n) is 7.34. The van der Waals surface area contributed by atoms with E-state index < -0.39 is 10.0 Å². The van der Waals surface area contributed by atoms with Gasteiger partial charge in [-0.25, -0.2) is 13.4 Å². The third-order valence-corrected chi connectivity index (χ3v) is 10.3. The molecule has 1 saturated carbocycles. The quantitative estimate of drug-likeness (QED) is 0.394. The van der Waals surface area contributed by atoms with Crippen LogP contribution in [0.1, 0.15) is 55.3 Å². The van der Waals surface area contributed by atoms with Crippen LogP contribution in [-0.2, 0) is 14.8 Å². The zero-order valence-corrected chi connectivity index (χ0v) is 22.9. The van der Waals surface area contributed by atoms with E-state index in [1.807, 2.05) is 18.2 Å². The van der Waals surface area contributed by atoms with Crippen LogP contribution >= 0.6 is 11.3 Å². The summed E-state index contributed by atoms with van der Waals surface area (Å²) in [6.07, 6.45) is 6.82. The highest BCUT2D eigenvalue weighted by molar-refractivity contribution is 7.89. The molecule has 8 nitrogen and oxygen atoms in total. The molecule has 1 unspecified atom stereocenters. The molecule has 5 rings (SSSR count). The molecular weight excluding hydrogens is 510 g/mol. The van der Waals surface area contributed by atoms with Crippen molar-refractivity contribution in [3.63, 3.8) is 0 Å². The normalized spacial score (nSPS) is 18.9. The number of thiazole rings is 1. The minimum atomic E-state index is -3.63. The van der Waals surface area contributed by atoms with Gasteiger partial charge in [-0.3, -0.25) is 9.69 Å². The predicted octanol–water partition coefficient (Wildman–Crippen LogP) is 5.08. The summed E-state index contributed by atoms with van der Waals surface area (Å²) in [5.41, 5.74) is 1.20. The van der Waals surface area contributed by atoms with Gasteiger partial charge >= 0.3 is 0 Å². The van der Waals surface area contributed by atoms with E-state index in [4.69, 9.17) is 14.5 Å². The maximum atomic E-state index is 13.7. The zero-order valence-electron chi connectivity index (χ0n) is 21.3. The smallest absolute Gasteiger partial charge is 0.260 e. The number of hydrogen-bond acceptors (Lipinski definition) is 7. The fourth-order valence-electron chi connectivity index (χ4n) is 5.11. The van der Waals surface area contributed by atoms with E-state index in [0.717, 1.165) is 60.9 Å². The Bertz CT molecular complexity index is 1340. The SMILES string of the molecule is COc1ccc2nc(N(CC3CCCO3)C(=O)c3ccc(S(=O)(=O)N(C)C4CCCCC4)cc3)sc2c1. The molecule has 2 aromatic carbocycles. The van der Waals surface area contributed by atoms with E-state index in [1.54, 1.807) is 31.2 Å². The predicted molar refractivity (Wildman–Crippen MR) is 145 cm³/mol. The van der Waals surface area contributed by atoms with Gasteiger partial charge < -0.3 is 9.47 Å². The van der Waals surface area contributed by atoms with Crippen LogP contribution < -0.4 is 9.64 Å². The number of amides is 1. The highest BCUT2D eigenvalue weighted by Gasteiger charge is 2.30. The lowest BCUT2D eigenvalue weighted by atomic mass is 9.96. The van der Waals surface area contributed by atoms with Crippen molar-refractivity contribution in [2.45, 2.75) is 62.0 Å². The molecular formula is C27H33N3O5S2. The largest absolute Gasteiger partial charge is 0.497 e. The highest BCUT2D eigenvalue weighted by Crippen LogP contribution is 2.33. The molecule has 2 heterocycles. The van der Waals surface area contributed by atoms with E-state index in [0.29, 0.717) is 23.8 Å². The van der Waals surface area contributed by atoms with Crippen LogP contribution in [-0.4, -0.2) is 63.1 Å². The molecule has 1 aliphatic heterocycles. The van der Waals surface area contributed by atoms with Gasteiger partial charge in [-0.1, -0.05) is 30.6 Å². The molecule has 2 fully saturated rings. The second-order valence-corrected chi connectivity index (χ2v) is 12.7. The second kappa shape index (κ2) is 11.1. The number of rotatable bonds is 8. The number of benzene rings is 2. The summed E-state index contributed by atoms with van der Waals surface area (Å²) in [4.78, 5) is 20.3. The Labute approximate surface area is 222 Å². The van der Waals surface area contributed by atoms with Crippen LogP contribution in [0.15, 0.2) is 47.4 Å². The molecule has 1 amide bonds. The lowest BCUT2D eigenvalue weighted by molar-refractivity contribution is 0.0917. The number of hydrogen-bond donors (Lipinski definition) is 0. The van der Waals surface area contributed by atoms with Crippen molar-refractivity contribution in [3.05, 3.63) is 48.0 Å². The van der Waals surface area contributed by atoms with Crippen molar-refractivity contribution in [2.24, 2.45) is 0 Å². The number of anilines is 1. The van der Waals surface area contributed by atoms with Gasteiger partial charge in [0.05, 0.1) is 34.9 Å². The number of carbonyl (C=O) groups is 1. The lowest BCUT2D eigenvalue weighted by Crippen LogP contribution is -2.38. The Morgan fingerprint density at radius 1 is 1.08 bits per heavy atom. The summed E-state index contributed by atoms with van der Waals surface area (Å²) < 4.78 is 40.1. The lowest BCUT2D eigenvalue weighted by Gasteiger charge is -2.30. The summed E-state index contributed by atoms with van der Waals surface area (Å²) in [6, 6.07) is 11.9. The molecule has 1 aromatic heterocycles. The van der Waals surface area contributed by atoms with Gasteiger partial charge in [0.1, 0.15) is 5.75 Å². The number of carbonyl (C=O) groups excluding carboxylic acids is 1. The van der Waals surface area contributed by atoms with Gasteiger partial charge in [0, 0.05) is 25.3 Å². The molecule has 2 aliphatic rings. The van der Waals surface area contributed by atoms with E-state index in [1.165, 1.54) is 27.8 Å². The molecule has 10 heteroatoms. The second-order valence-electron chi connectivity index (χ2n) is 9.72. The van der Waals surface area contributed by atoms with Crippen molar-refractivity contribution in [1.29, 1.82) is 0 Å². The minimum absolute atomic E-state index is 0.0274. The van der Waals surface area contributed by atoms with E-state index in [-0.39, 0.29) is 22.9 Å². The number of sulfonamides is 1. The topological polar surface area (TPSA) is 89.0 Å². The van der Waals surface area contributed by atoms with Crippen LogP contribution in [0.5, 0.6) is 5.75 Å². The fraction of sp³-hybridized carbons (Fsp3) is 0.481. The summed E-state index contributed by atoms with van der Waals surface area (Å²) in [5.74, 6) is 0.501. The summed E-state index contributed by atoms with van der Waals surface area (Å²) in [7, 11) is -0.349. The number of nitrogens with zero attached hydrogens (tertiary/aromatic N) is 3. The van der Waals surface area contributed by atoms with Gasteiger partial charge in [-0.05, 0) is 68.1 Å². The molecule has 1 saturated heterocycles. The van der Waals surface area contributed by atoms with Crippen LogP contribution in [0.25, 0.3) is 10.2 Å². The van der Waals surface area contributed by atoms with E-state index in [2.05, 4.69) is 0 Å². The first-order valence-electron chi connectivity index (χ1n) is 12.8. The Balaban J connectivity index is 1.41. The van der Waals surface area contributed by atoms with Gasteiger partial charge in [0.2, 0.25) is 10.0 Å². The van der Waals surface area contributed by atoms with Crippen molar-refractivity contribution in [2.75, 3.05) is 32.2 Å². The molecule has 0 bridgehead atoms. The minimum Gasteiger partial charge on any atom is -0.497 e. The number of methoxy groups -OCH3 is 1. The maximum Gasteiger partial charge on any atom is 0.260 e. The van der Waals surface area contributed by atoms with Crippen molar-refractivity contribution in [1.82, 2.24) is 9.29 Å². The monoisotopic (exact) mass is 543 g/mol. The molecule has 3 aromatic rings. The molecule has 1 aliphatic carbocycles. The molecule has 198 valence electrons. The fourth-order valence-corrected chi connectivity index (χ4v) is 7.53. The first kappa shape index (κ1) is 26.1. The molecule has 0 radical (unpaired) electrons. The van der Waals surface area contributed by atoms with E-state index >= 15 is 0 Å². The summed E-state index contributed by atoms with van der Waals surface area (Å²) >= 11 is 1.42. The van der Waals surface area contributed by atoms with Crippen LogP contribution in [0.3, 0.4) is 0 Å². The Morgan fingerprint density at radius 2 is 1.84 bits per heavy atom. The van der Waals surface area contributed by atoms with Crippen LogP contribution in [0, 0.1) is 0 Å². The summed E-state index contributed by atoms with van der Waals surface area (Å²) in [5, 5.41) is 0.581. The molecule has 37 heavy (non-hydrogen) atoms. The Hall–Kier alpha value is -2.53. The number of ether oxygens (including phenoxy) is 2. The Morgan fingerprint density at radius 3 is 2.51 bits per heavy atom. The third kappa shape index (κ3) is 5.52. The number of fused-ring (bicyclic) bond motifs is 1. The first-order chi connectivity index (χ1) is 17.9. The van der Waals surface area contributed by atoms with Crippen molar-refractivity contribution < 1.29 is 22.7 Å². The van der Waals surface area contributed by atoms with Gasteiger partial charge in [-0.2, -0.15) is 4.31 Å². The molecule has 0 spiro atoms.